The number of nitrogens with zero attached hydrogens (tertiary/aromatic N) is 1. The van der Waals surface area contributed by atoms with E-state index in [1.165, 1.54) is 0 Å². The van der Waals surface area contributed by atoms with Crippen molar-refractivity contribution in [1.29, 1.82) is 0 Å². The summed E-state index contributed by atoms with van der Waals surface area (Å²) in [4.78, 5) is 4.29. The average Bonchev–Trinajstić information content (AvgIpc) is 2.43. The molecule has 0 fully saturated rings. The van der Waals surface area contributed by atoms with Crippen molar-refractivity contribution >= 4 is 32.4 Å². The molecule has 1 aromatic heterocycles. The Hall–Kier alpha value is -2.07. The van der Waals surface area contributed by atoms with Crippen LogP contribution < -0.4 is 10.5 Å². The number of pyridine rings is 1. The van der Waals surface area contributed by atoms with Crippen molar-refractivity contribution in [1.82, 2.24) is 4.98 Å². The highest BCUT2D eigenvalue weighted by atomic mass is 79.9. The van der Waals surface area contributed by atoms with Crippen LogP contribution in [0.4, 0.5) is 5.69 Å². The zero-order chi connectivity index (χ0) is 13.2. The molecule has 0 saturated heterocycles. The first-order chi connectivity index (χ1) is 9.24. The standard InChI is InChI=1S/C15H11BrN2O/c16-14-3-1-2-13-12(14)8-9-18-15(13)19-11-6-4-10(17)5-7-11/h1-9H,17H2. The average molecular weight is 315 g/mol. The number of rotatable bonds is 2. The highest BCUT2D eigenvalue weighted by molar-refractivity contribution is 9.10. The second-order valence-corrected chi connectivity index (χ2v) is 4.98. The highest BCUT2D eigenvalue weighted by Gasteiger charge is 2.06. The minimum atomic E-state index is 0.587. The molecular formula is C15H11BrN2O. The Balaban J connectivity index is 2.06. The predicted octanol–water partition coefficient (Wildman–Crippen LogP) is 4.37. The molecule has 19 heavy (non-hydrogen) atoms. The van der Waals surface area contributed by atoms with Gasteiger partial charge in [-0.25, -0.2) is 4.98 Å². The third-order valence-corrected chi connectivity index (χ3v) is 3.50. The number of aromatic nitrogens is 1. The topological polar surface area (TPSA) is 48.1 Å². The minimum Gasteiger partial charge on any atom is -0.438 e. The number of hydrogen-bond donors (Lipinski definition) is 1. The smallest absolute Gasteiger partial charge is 0.227 e. The Morgan fingerprint density at radius 1 is 0.947 bits per heavy atom. The fourth-order valence-corrected chi connectivity index (χ4v) is 2.37. The third kappa shape index (κ3) is 2.39. The van der Waals surface area contributed by atoms with Crippen molar-refractivity contribution in [3.63, 3.8) is 0 Å². The van der Waals surface area contributed by atoms with Crippen LogP contribution in [-0.4, -0.2) is 4.98 Å². The summed E-state index contributed by atoms with van der Waals surface area (Å²) in [6, 6.07) is 15.2. The molecule has 0 amide bonds. The Labute approximate surface area is 119 Å². The second kappa shape index (κ2) is 4.90. The molecule has 3 rings (SSSR count). The number of halogens is 1. The maximum absolute atomic E-state index is 5.81. The normalized spacial score (nSPS) is 10.6. The van der Waals surface area contributed by atoms with Crippen LogP contribution in [0.5, 0.6) is 11.6 Å². The lowest BCUT2D eigenvalue weighted by molar-refractivity contribution is 0.469. The van der Waals surface area contributed by atoms with Crippen LogP contribution >= 0.6 is 15.9 Å². The molecule has 94 valence electrons. The Morgan fingerprint density at radius 2 is 1.74 bits per heavy atom. The minimum absolute atomic E-state index is 0.587. The van der Waals surface area contributed by atoms with Gasteiger partial charge < -0.3 is 10.5 Å². The van der Waals surface area contributed by atoms with E-state index in [0.717, 1.165) is 15.2 Å². The van der Waals surface area contributed by atoms with Gasteiger partial charge >= 0.3 is 0 Å². The Kier molecular flexibility index (Phi) is 3.09. The van der Waals surface area contributed by atoms with Crippen LogP contribution in [0.3, 0.4) is 0 Å². The van der Waals surface area contributed by atoms with E-state index in [0.29, 0.717) is 17.3 Å². The fourth-order valence-electron chi connectivity index (χ4n) is 1.87. The molecule has 0 radical (unpaired) electrons. The van der Waals surface area contributed by atoms with Crippen molar-refractivity contribution in [3.05, 3.63) is 59.2 Å². The number of anilines is 1. The maximum Gasteiger partial charge on any atom is 0.227 e. The van der Waals surface area contributed by atoms with Gasteiger partial charge in [0.05, 0.1) is 0 Å². The largest absolute Gasteiger partial charge is 0.438 e. The van der Waals surface area contributed by atoms with Gasteiger partial charge in [-0.05, 0) is 42.5 Å². The van der Waals surface area contributed by atoms with Gasteiger partial charge in [-0.1, -0.05) is 22.0 Å². The number of nitrogens with two attached hydrogens (primary N) is 1. The molecule has 0 aliphatic heterocycles. The summed E-state index contributed by atoms with van der Waals surface area (Å²) in [6.07, 6.45) is 1.74. The van der Waals surface area contributed by atoms with Crippen LogP contribution in [-0.2, 0) is 0 Å². The van der Waals surface area contributed by atoms with E-state index in [1.54, 1.807) is 18.3 Å². The van der Waals surface area contributed by atoms with E-state index >= 15 is 0 Å². The van der Waals surface area contributed by atoms with Crippen LogP contribution in [0.1, 0.15) is 0 Å². The lowest BCUT2D eigenvalue weighted by atomic mass is 10.2. The fraction of sp³-hybridized carbons (Fsp3) is 0. The zero-order valence-corrected chi connectivity index (χ0v) is 11.6. The van der Waals surface area contributed by atoms with Gasteiger partial charge in [-0.2, -0.15) is 0 Å². The number of fused-ring (bicyclic) bond motifs is 1. The van der Waals surface area contributed by atoms with Gasteiger partial charge in [0.1, 0.15) is 5.75 Å². The molecule has 2 N–H and O–H groups in total. The van der Waals surface area contributed by atoms with Crippen molar-refractivity contribution in [2.75, 3.05) is 5.73 Å². The molecule has 1 heterocycles. The molecule has 0 bridgehead atoms. The number of benzene rings is 2. The first-order valence-corrected chi connectivity index (χ1v) is 6.60. The van der Waals surface area contributed by atoms with Crippen molar-refractivity contribution in [2.45, 2.75) is 0 Å². The van der Waals surface area contributed by atoms with Crippen molar-refractivity contribution < 1.29 is 4.74 Å². The van der Waals surface area contributed by atoms with Gasteiger partial charge in [0, 0.05) is 27.1 Å². The maximum atomic E-state index is 5.81. The molecule has 0 unspecified atom stereocenters. The number of hydrogen-bond acceptors (Lipinski definition) is 3. The molecule has 3 aromatic rings. The van der Waals surface area contributed by atoms with E-state index in [9.17, 15) is 0 Å². The molecule has 3 nitrogen and oxygen atoms in total. The summed E-state index contributed by atoms with van der Waals surface area (Å²) in [5.74, 6) is 1.30. The van der Waals surface area contributed by atoms with Gasteiger partial charge in [0.15, 0.2) is 0 Å². The number of nitrogen functional groups attached to an aromatic ring is 1. The summed E-state index contributed by atoms with van der Waals surface area (Å²) < 4.78 is 6.84. The molecule has 0 aliphatic rings. The summed E-state index contributed by atoms with van der Waals surface area (Å²) in [7, 11) is 0. The number of ether oxygens (including phenoxy) is 1. The van der Waals surface area contributed by atoms with E-state index in [1.807, 2.05) is 36.4 Å². The second-order valence-electron chi connectivity index (χ2n) is 4.12. The molecule has 0 aliphatic carbocycles. The van der Waals surface area contributed by atoms with Crippen molar-refractivity contribution in [2.24, 2.45) is 0 Å². The zero-order valence-electron chi connectivity index (χ0n) is 10.0. The molecule has 0 atom stereocenters. The first kappa shape index (κ1) is 12.0. The Bertz CT molecular complexity index is 726. The SMILES string of the molecule is Nc1ccc(Oc2nccc3c(Br)cccc23)cc1. The third-order valence-electron chi connectivity index (χ3n) is 2.81. The van der Waals surface area contributed by atoms with E-state index in [2.05, 4.69) is 20.9 Å². The quantitative estimate of drug-likeness (QED) is 0.714. The summed E-state index contributed by atoms with van der Waals surface area (Å²) >= 11 is 3.53. The van der Waals surface area contributed by atoms with Crippen molar-refractivity contribution in [3.8, 4) is 11.6 Å². The summed E-state index contributed by atoms with van der Waals surface area (Å²) in [5.41, 5.74) is 6.36. The van der Waals surface area contributed by atoms with E-state index < -0.39 is 0 Å². The van der Waals surface area contributed by atoms with Gasteiger partial charge in [0.25, 0.3) is 0 Å². The van der Waals surface area contributed by atoms with Gasteiger partial charge in [-0.3, -0.25) is 0 Å². The predicted molar refractivity (Wildman–Crippen MR) is 80.4 cm³/mol. The van der Waals surface area contributed by atoms with Gasteiger partial charge in [-0.15, -0.1) is 0 Å². The first-order valence-electron chi connectivity index (χ1n) is 5.81. The highest BCUT2D eigenvalue weighted by Crippen LogP contribution is 2.31. The molecule has 4 heteroatoms. The van der Waals surface area contributed by atoms with Crippen LogP contribution in [0, 0.1) is 0 Å². The monoisotopic (exact) mass is 314 g/mol. The van der Waals surface area contributed by atoms with E-state index in [4.69, 9.17) is 10.5 Å². The van der Waals surface area contributed by atoms with Gasteiger partial charge in [0.2, 0.25) is 5.88 Å². The molecule has 2 aromatic carbocycles. The van der Waals surface area contributed by atoms with Crippen LogP contribution in [0.15, 0.2) is 59.2 Å². The Morgan fingerprint density at radius 3 is 2.53 bits per heavy atom. The van der Waals surface area contributed by atoms with Crippen LogP contribution in [0.25, 0.3) is 10.8 Å². The summed E-state index contributed by atoms with van der Waals surface area (Å²) in [5, 5.41) is 2.04. The van der Waals surface area contributed by atoms with Crippen LogP contribution in [0.2, 0.25) is 0 Å². The summed E-state index contributed by atoms with van der Waals surface area (Å²) in [6.45, 7) is 0. The molecule has 0 spiro atoms. The van der Waals surface area contributed by atoms with E-state index in [-0.39, 0.29) is 0 Å². The molecule has 0 saturated carbocycles. The lowest BCUT2D eigenvalue weighted by Crippen LogP contribution is -1.90. The molecular weight excluding hydrogens is 304 g/mol. The lowest BCUT2D eigenvalue weighted by Gasteiger charge is -2.08.